The summed E-state index contributed by atoms with van der Waals surface area (Å²) in [5.74, 6) is -0.766. The zero-order valence-electron chi connectivity index (χ0n) is 13.3. The van der Waals surface area contributed by atoms with Crippen LogP contribution in [0.15, 0.2) is 30.3 Å². The average Bonchev–Trinajstić information content (AvgIpc) is 2.47. The Morgan fingerprint density at radius 2 is 1.91 bits per heavy atom. The fraction of sp³-hybridized carbons (Fsp3) is 0.471. The Bertz CT molecular complexity index is 511. The number of ether oxygens (including phenoxy) is 1. The van der Waals surface area contributed by atoms with Gasteiger partial charge in [0.1, 0.15) is 11.9 Å². The van der Waals surface area contributed by atoms with Gasteiger partial charge in [0.15, 0.2) is 0 Å². The van der Waals surface area contributed by atoms with E-state index in [1.807, 2.05) is 37.3 Å². The lowest BCUT2D eigenvalue weighted by molar-refractivity contribution is -0.158. The molecule has 0 aliphatic rings. The number of carbonyl (C=O) groups is 3. The van der Waals surface area contributed by atoms with Gasteiger partial charge in [0.05, 0.1) is 12.5 Å². The van der Waals surface area contributed by atoms with Gasteiger partial charge < -0.3 is 14.8 Å². The summed E-state index contributed by atoms with van der Waals surface area (Å²) >= 11 is 0. The first-order chi connectivity index (χ1) is 10.4. The van der Waals surface area contributed by atoms with Crippen molar-refractivity contribution in [3.05, 3.63) is 35.9 Å². The van der Waals surface area contributed by atoms with Crippen LogP contribution in [0.2, 0.25) is 0 Å². The van der Waals surface area contributed by atoms with E-state index < -0.39 is 17.6 Å². The summed E-state index contributed by atoms with van der Waals surface area (Å²) in [6.07, 6.45) is 1.40. The van der Waals surface area contributed by atoms with Gasteiger partial charge in [0.2, 0.25) is 5.91 Å². The van der Waals surface area contributed by atoms with E-state index in [1.54, 1.807) is 13.8 Å². The van der Waals surface area contributed by atoms with Crippen LogP contribution in [0.25, 0.3) is 0 Å². The number of hydrogen-bond donors (Lipinski definition) is 1. The van der Waals surface area contributed by atoms with Crippen LogP contribution in [0.5, 0.6) is 0 Å². The molecule has 0 radical (unpaired) electrons. The number of carbonyl (C=O) groups excluding carboxylic acids is 3. The second kappa shape index (κ2) is 8.32. The van der Waals surface area contributed by atoms with Crippen LogP contribution in [0.1, 0.15) is 45.6 Å². The van der Waals surface area contributed by atoms with Crippen LogP contribution in [0, 0.1) is 0 Å². The molecule has 5 heteroatoms. The van der Waals surface area contributed by atoms with Crippen LogP contribution in [-0.2, 0) is 24.7 Å². The van der Waals surface area contributed by atoms with Gasteiger partial charge in [-0.15, -0.1) is 0 Å². The van der Waals surface area contributed by atoms with Crippen molar-refractivity contribution in [1.82, 2.24) is 5.32 Å². The summed E-state index contributed by atoms with van der Waals surface area (Å²) in [5, 5.41) is 2.52. The summed E-state index contributed by atoms with van der Waals surface area (Å²) < 4.78 is 5.45. The lowest BCUT2D eigenvalue weighted by Gasteiger charge is -2.26. The first kappa shape index (κ1) is 17.9. The molecule has 0 aliphatic carbocycles. The number of esters is 1. The second-order valence-corrected chi connectivity index (χ2v) is 5.61. The van der Waals surface area contributed by atoms with Gasteiger partial charge in [-0.25, -0.2) is 0 Å². The lowest BCUT2D eigenvalue weighted by Crippen LogP contribution is -2.39. The van der Waals surface area contributed by atoms with Gasteiger partial charge in [-0.2, -0.15) is 0 Å². The Balaban J connectivity index is 2.60. The van der Waals surface area contributed by atoms with Gasteiger partial charge in [0, 0.05) is 6.42 Å². The van der Waals surface area contributed by atoms with Crippen LogP contribution in [-0.4, -0.2) is 24.2 Å². The maximum Gasteiger partial charge on any atom is 0.309 e. The molecular formula is C17H23NO4. The first-order valence-corrected chi connectivity index (χ1v) is 7.41. The molecule has 1 N–H and O–H groups in total. The number of aldehydes is 1. The minimum Gasteiger partial charge on any atom is -0.455 e. The molecule has 0 saturated heterocycles. The SMILES string of the molecule is CCCC(=O)N[C@@H](C=O)CC(=O)OC(C)(C)c1ccccc1. The standard InChI is InChI=1S/C17H23NO4/c1-4-8-15(20)18-14(12-19)11-16(21)22-17(2,3)13-9-6-5-7-10-13/h5-7,9-10,12,14H,4,8,11H2,1-3H3,(H,18,20)/t14-/m1/s1. The van der Waals surface area contributed by atoms with Crippen LogP contribution < -0.4 is 5.32 Å². The van der Waals surface area contributed by atoms with Gasteiger partial charge in [-0.3, -0.25) is 9.59 Å². The molecule has 0 saturated carbocycles. The molecule has 1 aromatic rings. The Labute approximate surface area is 131 Å². The smallest absolute Gasteiger partial charge is 0.309 e. The lowest BCUT2D eigenvalue weighted by atomic mass is 9.98. The number of hydrogen-bond acceptors (Lipinski definition) is 4. The molecule has 0 unspecified atom stereocenters. The van der Waals surface area contributed by atoms with Crippen LogP contribution >= 0.6 is 0 Å². The molecule has 0 aliphatic heterocycles. The fourth-order valence-electron chi connectivity index (χ4n) is 2.04. The Hall–Kier alpha value is -2.17. The van der Waals surface area contributed by atoms with Crippen molar-refractivity contribution in [2.24, 2.45) is 0 Å². The van der Waals surface area contributed by atoms with Crippen LogP contribution in [0.3, 0.4) is 0 Å². The fourth-order valence-corrected chi connectivity index (χ4v) is 2.04. The number of amides is 1. The third-order valence-corrected chi connectivity index (χ3v) is 3.21. The van der Waals surface area contributed by atoms with Crippen molar-refractivity contribution < 1.29 is 19.1 Å². The van der Waals surface area contributed by atoms with E-state index in [-0.39, 0.29) is 12.3 Å². The van der Waals surface area contributed by atoms with Crippen molar-refractivity contribution in [1.29, 1.82) is 0 Å². The van der Waals surface area contributed by atoms with Gasteiger partial charge in [-0.05, 0) is 25.8 Å². The predicted molar refractivity (Wildman–Crippen MR) is 83.1 cm³/mol. The van der Waals surface area contributed by atoms with E-state index in [2.05, 4.69) is 5.32 Å². The van der Waals surface area contributed by atoms with Gasteiger partial charge in [0.25, 0.3) is 0 Å². The quantitative estimate of drug-likeness (QED) is 0.591. The van der Waals surface area contributed by atoms with Gasteiger partial charge in [-0.1, -0.05) is 37.3 Å². The monoisotopic (exact) mass is 305 g/mol. The summed E-state index contributed by atoms with van der Waals surface area (Å²) in [5.41, 5.74) is 0.0696. The van der Waals surface area contributed by atoms with Crippen molar-refractivity contribution in [3.8, 4) is 0 Å². The molecule has 1 aromatic carbocycles. The average molecular weight is 305 g/mol. The second-order valence-electron chi connectivity index (χ2n) is 5.61. The van der Waals surface area contributed by atoms with Gasteiger partial charge >= 0.3 is 5.97 Å². The predicted octanol–water partition coefficient (Wildman–Crippen LogP) is 2.34. The molecular weight excluding hydrogens is 282 g/mol. The molecule has 1 amide bonds. The summed E-state index contributed by atoms with van der Waals surface area (Å²) in [6, 6.07) is 8.50. The molecule has 0 spiro atoms. The molecule has 1 atom stereocenters. The number of rotatable bonds is 8. The molecule has 0 heterocycles. The Morgan fingerprint density at radius 3 is 2.45 bits per heavy atom. The third-order valence-electron chi connectivity index (χ3n) is 3.21. The highest BCUT2D eigenvalue weighted by Gasteiger charge is 2.26. The normalized spacial score (nSPS) is 12.3. The minimum atomic E-state index is -0.849. The van der Waals surface area contributed by atoms with Crippen molar-refractivity contribution in [2.75, 3.05) is 0 Å². The third kappa shape index (κ3) is 5.68. The zero-order chi connectivity index (χ0) is 16.6. The summed E-state index contributed by atoms with van der Waals surface area (Å²) in [4.78, 5) is 34.5. The number of benzene rings is 1. The van der Waals surface area contributed by atoms with E-state index in [4.69, 9.17) is 4.74 Å². The van der Waals surface area contributed by atoms with Crippen molar-refractivity contribution in [2.45, 2.75) is 51.7 Å². The molecule has 0 fully saturated rings. The molecule has 120 valence electrons. The van der Waals surface area contributed by atoms with E-state index in [9.17, 15) is 14.4 Å². The number of nitrogens with one attached hydrogen (secondary N) is 1. The molecule has 1 rings (SSSR count). The molecule has 5 nitrogen and oxygen atoms in total. The highest BCUT2D eigenvalue weighted by Crippen LogP contribution is 2.24. The zero-order valence-corrected chi connectivity index (χ0v) is 13.3. The maximum absolute atomic E-state index is 12.0. The topological polar surface area (TPSA) is 72.5 Å². The van der Waals surface area contributed by atoms with E-state index >= 15 is 0 Å². The minimum absolute atomic E-state index is 0.171. The summed E-state index contributed by atoms with van der Waals surface area (Å²) in [7, 11) is 0. The Kier molecular flexibility index (Phi) is 6.76. The first-order valence-electron chi connectivity index (χ1n) is 7.41. The molecule has 0 bridgehead atoms. The maximum atomic E-state index is 12.0. The largest absolute Gasteiger partial charge is 0.455 e. The highest BCUT2D eigenvalue weighted by molar-refractivity contribution is 5.82. The van der Waals surface area contributed by atoms with Crippen LogP contribution in [0.4, 0.5) is 0 Å². The van der Waals surface area contributed by atoms with Crippen molar-refractivity contribution in [3.63, 3.8) is 0 Å². The molecule has 22 heavy (non-hydrogen) atoms. The Morgan fingerprint density at radius 1 is 1.27 bits per heavy atom. The van der Waals surface area contributed by atoms with Crippen molar-refractivity contribution >= 4 is 18.2 Å². The van der Waals surface area contributed by atoms with E-state index in [1.165, 1.54) is 0 Å². The summed E-state index contributed by atoms with van der Waals surface area (Å²) in [6.45, 7) is 5.43. The van der Waals surface area contributed by atoms with E-state index in [0.717, 1.165) is 5.56 Å². The van der Waals surface area contributed by atoms with E-state index in [0.29, 0.717) is 19.1 Å². The molecule has 0 aromatic heterocycles. The highest BCUT2D eigenvalue weighted by atomic mass is 16.6.